The van der Waals surface area contributed by atoms with Crippen LogP contribution in [0.4, 0.5) is 28.9 Å². The highest BCUT2D eigenvalue weighted by Gasteiger charge is 2.41. The van der Waals surface area contributed by atoms with Crippen molar-refractivity contribution in [1.29, 1.82) is 0 Å². The number of carboxylic acid groups (broad SMARTS) is 1. The normalized spacial score (nSPS) is 17.6. The molecular weight excluding hydrogens is 524 g/mol. The number of likely N-dealkylation sites (N-methyl/N-ethyl adjacent to an activating group) is 1. The number of anilines is 2. The van der Waals surface area contributed by atoms with Gasteiger partial charge < -0.3 is 10.0 Å². The van der Waals surface area contributed by atoms with Crippen LogP contribution in [-0.2, 0) is 16.2 Å². The van der Waals surface area contributed by atoms with E-state index in [-0.39, 0.29) is 22.7 Å². The average molecular weight is 551 g/mol. The molecule has 0 saturated carbocycles. The summed E-state index contributed by atoms with van der Waals surface area (Å²) in [5.41, 5.74) is -2.43. The first kappa shape index (κ1) is 27.6. The Hall–Kier alpha value is -3.44. The third kappa shape index (κ3) is 5.12. The molecule has 38 heavy (non-hydrogen) atoms. The molecule has 0 aliphatic carbocycles. The summed E-state index contributed by atoms with van der Waals surface area (Å²) >= 11 is 0. The summed E-state index contributed by atoms with van der Waals surface area (Å²) in [6.07, 6.45) is -2.89. The Kier molecular flexibility index (Phi) is 7.53. The van der Waals surface area contributed by atoms with Gasteiger partial charge in [0.05, 0.1) is 16.8 Å². The molecule has 6 nitrogen and oxygen atoms in total. The number of hydrogen-bond acceptors (Lipinski definition) is 4. The largest absolute Gasteiger partial charge is 0.478 e. The number of carboxylic acids is 1. The molecule has 3 aromatic rings. The van der Waals surface area contributed by atoms with E-state index in [1.54, 1.807) is 35.2 Å². The minimum atomic E-state index is -4.92. The Morgan fingerprint density at radius 1 is 1.08 bits per heavy atom. The molecule has 0 saturated heterocycles. The fourth-order valence-corrected chi connectivity index (χ4v) is 6.23. The molecule has 0 amide bonds. The summed E-state index contributed by atoms with van der Waals surface area (Å²) < 4.78 is 86.1. The smallest absolute Gasteiger partial charge is 0.417 e. The van der Waals surface area contributed by atoms with Gasteiger partial charge in [0.25, 0.3) is 0 Å². The monoisotopic (exact) mass is 550 g/mol. The highest BCUT2D eigenvalue weighted by atomic mass is 32.2. The van der Waals surface area contributed by atoms with Gasteiger partial charge in [-0.2, -0.15) is 17.5 Å². The van der Waals surface area contributed by atoms with Crippen LogP contribution in [0.3, 0.4) is 0 Å². The van der Waals surface area contributed by atoms with Crippen LogP contribution < -0.4 is 4.90 Å². The molecule has 0 aromatic heterocycles. The minimum absolute atomic E-state index is 0.128. The van der Waals surface area contributed by atoms with Gasteiger partial charge in [-0.15, -0.1) is 0 Å². The van der Waals surface area contributed by atoms with Gasteiger partial charge in [-0.1, -0.05) is 44.0 Å². The van der Waals surface area contributed by atoms with E-state index in [0.717, 1.165) is 43.2 Å². The van der Waals surface area contributed by atoms with Crippen molar-refractivity contribution in [3.05, 3.63) is 77.6 Å². The lowest BCUT2D eigenvalue weighted by atomic mass is 9.96. The predicted molar refractivity (Wildman–Crippen MR) is 136 cm³/mol. The maximum absolute atomic E-state index is 14.4. The maximum atomic E-state index is 14.4. The third-order valence-electron chi connectivity index (χ3n) is 6.73. The van der Waals surface area contributed by atoms with Gasteiger partial charge in [0.1, 0.15) is 10.7 Å². The molecule has 0 spiro atoms. The number of hydrogen-bond donors (Lipinski definition) is 1. The molecule has 1 aliphatic rings. The van der Waals surface area contributed by atoms with Crippen LogP contribution in [0.25, 0.3) is 11.1 Å². The molecule has 0 bridgehead atoms. The quantitative estimate of drug-likeness (QED) is 0.353. The number of carbonyl (C=O) groups is 1. The highest BCUT2D eigenvalue weighted by Crippen LogP contribution is 2.46. The molecule has 1 aliphatic heterocycles. The Morgan fingerprint density at radius 3 is 2.37 bits per heavy atom. The van der Waals surface area contributed by atoms with E-state index >= 15 is 0 Å². The van der Waals surface area contributed by atoms with Crippen molar-refractivity contribution >= 4 is 27.4 Å². The zero-order valence-electron chi connectivity index (χ0n) is 20.7. The van der Waals surface area contributed by atoms with Gasteiger partial charge in [0, 0.05) is 25.3 Å². The van der Waals surface area contributed by atoms with Gasteiger partial charge in [0.15, 0.2) is 0 Å². The summed E-state index contributed by atoms with van der Waals surface area (Å²) in [5, 5.41) is 9.30. The number of nitrogens with zero attached hydrogens (tertiary/aromatic N) is 2. The second-order valence-corrected chi connectivity index (χ2v) is 11.1. The van der Waals surface area contributed by atoms with E-state index in [1.807, 2.05) is 6.92 Å². The zero-order chi connectivity index (χ0) is 27.8. The zero-order valence-corrected chi connectivity index (χ0v) is 21.5. The molecule has 3 aromatic carbocycles. The summed E-state index contributed by atoms with van der Waals surface area (Å²) in [6.45, 7) is 2.09. The van der Waals surface area contributed by atoms with Crippen LogP contribution >= 0.6 is 0 Å². The fraction of sp³-hybridized carbons (Fsp3) is 0.296. The van der Waals surface area contributed by atoms with Crippen molar-refractivity contribution in [2.45, 2.75) is 43.3 Å². The first-order valence-electron chi connectivity index (χ1n) is 11.9. The average Bonchev–Trinajstić information content (AvgIpc) is 2.95. The van der Waals surface area contributed by atoms with Crippen LogP contribution in [-0.4, -0.2) is 43.4 Å². The second-order valence-electron chi connectivity index (χ2n) is 9.13. The Balaban J connectivity index is 2.05. The van der Waals surface area contributed by atoms with Crippen LogP contribution in [0.15, 0.2) is 65.6 Å². The first-order chi connectivity index (χ1) is 17.9. The Labute approximate surface area is 218 Å². The summed E-state index contributed by atoms with van der Waals surface area (Å²) in [7, 11) is -2.86. The molecule has 1 atom stereocenters. The number of para-hydroxylation sites is 1. The second kappa shape index (κ2) is 10.4. The van der Waals surface area contributed by atoms with Gasteiger partial charge in [-0.3, -0.25) is 0 Å². The summed E-state index contributed by atoms with van der Waals surface area (Å²) in [5.74, 6) is -2.78. The van der Waals surface area contributed by atoms with E-state index < -0.39 is 50.7 Å². The molecule has 11 heteroatoms. The molecule has 1 N–H and O–H groups in total. The van der Waals surface area contributed by atoms with Gasteiger partial charge >= 0.3 is 12.1 Å². The number of fused-ring (bicyclic) bond motifs is 1. The number of alkyl halides is 3. The van der Waals surface area contributed by atoms with E-state index in [9.17, 15) is 35.9 Å². The molecule has 202 valence electrons. The van der Waals surface area contributed by atoms with Crippen LogP contribution in [0, 0.1) is 5.82 Å². The third-order valence-corrected chi connectivity index (χ3v) is 8.67. The number of sulfonamides is 1. The highest BCUT2D eigenvalue weighted by molar-refractivity contribution is 7.89. The summed E-state index contributed by atoms with van der Waals surface area (Å²) in [6, 6.07) is 12.3. The molecule has 0 radical (unpaired) electrons. The first-order valence-corrected chi connectivity index (χ1v) is 13.4. The predicted octanol–water partition coefficient (Wildman–Crippen LogP) is 6.54. The fourth-order valence-electron chi connectivity index (χ4n) is 4.66. The molecule has 4 rings (SSSR count). The lowest BCUT2D eigenvalue weighted by molar-refractivity contribution is -0.137. The summed E-state index contributed by atoms with van der Waals surface area (Å²) in [4.78, 5) is 12.7. The van der Waals surface area contributed by atoms with E-state index in [1.165, 1.54) is 11.4 Å². The maximum Gasteiger partial charge on any atom is 0.417 e. The SMILES string of the molecule is CCCCC1CN(c2ccccc2)c2cc(C(F)(F)F)c(-c3ccc(F)c(C(=O)O)c3)cc2S(=O)(=O)N1C. The van der Waals surface area contributed by atoms with Crippen molar-refractivity contribution in [2.24, 2.45) is 0 Å². The molecular formula is C27H26F4N2O4S. The lowest BCUT2D eigenvalue weighted by Gasteiger charge is -2.30. The number of benzene rings is 3. The van der Waals surface area contributed by atoms with Crippen LogP contribution in [0.5, 0.6) is 0 Å². The number of aromatic carboxylic acids is 1. The standard InChI is InChI=1S/C27H26F4N2O4S/c1-3-4-8-19-16-33(18-9-6-5-7-10-18)24-15-22(27(29,30)31)20(14-25(24)38(36,37)32(19)2)17-11-12-23(28)21(13-17)26(34)35/h5-7,9-15,19H,3-4,8,16H2,1-2H3,(H,34,35). The van der Waals surface area contributed by atoms with Gasteiger partial charge in [-0.25, -0.2) is 17.6 Å². The minimum Gasteiger partial charge on any atom is -0.478 e. The van der Waals surface area contributed by atoms with E-state index in [4.69, 9.17) is 0 Å². The molecule has 1 heterocycles. The van der Waals surface area contributed by atoms with Gasteiger partial charge in [-0.05, 0) is 53.9 Å². The number of rotatable bonds is 6. The number of unbranched alkanes of at least 4 members (excludes halogenated alkanes) is 1. The van der Waals surface area contributed by atoms with Crippen LogP contribution in [0.1, 0.15) is 42.1 Å². The lowest BCUT2D eigenvalue weighted by Crippen LogP contribution is -2.40. The Morgan fingerprint density at radius 2 is 1.76 bits per heavy atom. The Bertz CT molecular complexity index is 1460. The van der Waals surface area contributed by atoms with Crippen molar-refractivity contribution in [3.8, 4) is 11.1 Å². The number of halogens is 4. The topological polar surface area (TPSA) is 77.9 Å². The van der Waals surface area contributed by atoms with E-state index in [0.29, 0.717) is 12.1 Å². The molecule has 0 fully saturated rings. The van der Waals surface area contributed by atoms with Crippen molar-refractivity contribution in [3.63, 3.8) is 0 Å². The van der Waals surface area contributed by atoms with E-state index in [2.05, 4.69) is 0 Å². The van der Waals surface area contributed by atoms with Crippen LogP contribution in [0.2, 0.25) is 0 Å². The van der Waals surface area contributed by atoms with Crippen molar-refractivity contribution < 1.29 is 35.9 Å². The van der Waals surface area contributed by atoms with Crippen molar-refractivity contribution in [1.82, 2.24) is 4.31 Å². The molecule has 1 unspecified atom stereocenters. The van der Waals surface area contributed by atoms with Gasteiger partial charge in [0.2, 0.25) is 10.0 Å². The van der Waals surface area contributed by atoms with Crippen molar-refractivity contribution in [2.75, 3.05) is 18.5 Å².